The summed E-state index contributed by atoms with van der Waals surface area (Å²) in [4.78, 5) is 7.41. The van der Waals surface area contributed by atoms with Gasteiger partial charge < -0.3 is 4.90 Å². The SMILES string of the molecule is CCC1C=CN(C)C(N(CC)CC)N1CC. The molecule has 0 saturated heterocycles. The highest BCUT2D eigenvalue weighted by atomic mass is 15.5. The Morgan fingerprint density at radius 1 is 1.12 bits per heavy atom. The Morgan fingerprint density at radius 3 is 2.19 bits per heavy atom. The molecule has 0 aromatic rings. The van der Waals surface area contributed by atoms with Crippen LogP contribution < -0.4 is 0 Å². The molecule has 1 aliphatic rings. The highest BCUT2D eigenvalue weighted by molar-refractivity contribution is 5.00. The van der Waals surface area contributed by atoms with Gasteiger partial charge in [-0.2, -0.15) is 0 Å². The van der Waals surface area contributed by atoms with E-state index < -0.39 is 0 Å². The first kappa shape index (κ1) is 13.5. The molecule has 1 heterocycles. The average molecular weight is 225 g/mol. The lowest BCUT2D eigenvalue weighted by Gasteiger charge is -2.48. The Morgan fingerprint density at radius 2 is 1.75 bits per heavy atom. The Labute approximate surface area is 101 Å². The van der Waals surface area contributed by atoms with Gasteiger partial charge in [-0.05, 0) is 32.3 Å². The zero-order valence-corrected chi connectivity index (χ0v) is 11.5. The highest BCUT2D eigenvalue weighted by Gasteiger charge is 2.31. The molecule has 0 aromatic heterocycles. The normalized spacial score (nSPS) is 26.8. The second-order valence-corrected chi connectivity index (χ2v) is 4.38. The molecule has 0 saturated carbocycles. The van der Waals surface area contributed by atoms with Crippen LogP contribution in [0.5, 0.6) is 0 Å². The summed E-state index contributed by atoms with van der Waals surface area (Å²) in [5.74, 6) is 0. The molecule has 0 N–H and O–H groups in total. The van der Waals surface area contributed by atoms with Gasteiger partial charge in [0.15, 0.2) is 0 Å². The molecule has 0 radical (unpaired) electrons. The van der Waals surface area contributed by atoms with Gasteiger partial charge in [0.2, 0.25) is 0 Å². The molecule has 0 amide bonds. The quantitative estimate of drug-likeness (QED) is 0.710. The average Bonchev–Trinajstić information content (AvgIpc) is 2.32. The van der Waals surface area contributed by atoms with Crippen LogP contribution in [0.25, 0.3) is 0 Å². The second-order valence-electron chi connectivity index (χ2n) is 4.38. The first-order valence-corrected chi connectivity index (χ1v) is 6.59. The molecule has 0 bridgehead atoms. The fourth-order valence-electron chi connectivity index (χ4n) is 2.61. The summed E-state index contributed by atoms with van der Waals surface area (Å²) < 4.78 is 0. The van der Waals surface area contributed by atoms with E-state index in [1.54, 1.807) is 0 Å². The van der Waals surface area contributed by atoms with Crippen LogP contribution in [0.2, 0.25) is 0 Å². The molecule has 16 heavy (non-hydrogen) atoms. The van der Waals surface area contributed by atoms with Crippen molar-refractivity contribution in [1.29, 1.82) is 0 Å². The molecule has 0 aliphatic carbocycles. The maximum atomic E-state index is 2.58. The number of hydrogen-bond acceptors (Lipinski definition) is 3. The fourth-order valence-corrected chi connectivity index (χ4v) is 2.61. The summed E-state index contributed by atoms with van der Waals surface area (Å²) in [5.41, 5.74) is 0. The van der Waals surface area contributed by atoms with Crippen molar-refractivity contribution in [2.45, 2.75) is 46.4 Å². The van der Waals surface area contributed by atoms with Crippen molar-refractivity contribution in [1.82, 2.24) is 14.7 Å². The Bertz CT molecular complexity index is 223. The Hall–Kier alpha value is -0.540. The van der Waals surface area contributed by atoms with Crippen LogP contribution >= 0.6 is 0 Å². The highest BCUT2D eigenvalue weighted by Crippen LogP contribution is 2.21. The van der Waals surface area contributed by atoms with Crippen LogP contribution in [0, 0.1) is 0 Å². The van der Waals surface area contributed by atoms with Crippen molar-refractivity contribution in [3.8, 4) is 0 Å². The number of likely N-dealkylation sites (N-methyl/N-ethyl adjacent to an activating group) is 1. The third-order valence-corrected chi connectivity index (χ3v) is 3.55. The van der Waals surface area contributed by atoms with E-state index in [4.69, 9.17) is 0 Å². The van der Waals surface area contributed by atoms with Gasteiger partial charge in [-0.15, -0.1) is 0 Å². The van der Waals surface area contributed by atoms with E-state index in [-0.39, 0.29) is 0 Å². The molecule has 94 valence electrons. The van der Waals surface area contributed by atoms with Crippen LogP contribution in [0.3, 0.4) is 0 Å². The van der Waals surface area contributed by atoms with Gasteiger partial charge in [0, 0.05) is 13.1 Å². The molecule has 2 atom stereocenters. The minimum Gasteiger partial charge on any atom is -0.353 e. The minimum atomic E-state index is 0.426. The summed E-state index contributed by atoms with van der Waals surface area (Å²) in [6.45, 7) is 12.3. The predicted octanol–water partition coefficient (Wildman–Crippen LogP) is 2.17. The van der Waals surface area contributed by atoms with E-state index in [2.05, 4.69) is 61.7 Å². The lowest BCUT2D eigenvalue weighted by atomic mass is 10.1. The van der Waals surface area contributed by atoms with E-state index in [1.807, 2.05) is 0 Å². The molecule has 2 unspecified atom stereocenters. The van der Waals surface area contributed by atoms with Crippen LogP contribution in [0.1, 0.15) is 34.1 Å². The maximum absolute atomic E-state index is 2.58. The van der Waals surface area contributed by atoms with Crippen molar-refractivity contribution in [3.05, 3.63) is 12.3 Å². The standard InChI is InChI=1S/C13H27N3/c1-6-12-10-11-14(5)13(16(12)9-4)15(7-2)8-3/h10-13H,6-9H2,1-5H3. The van der Waals surface area contributed by atoms with Crippen molar-refractivity contribution >= 4 is 0 Å². The summed E-state index contributed by atoms with van der Waals surface area (Å²) >= 11 is 0. The smallest absolute Gasteiger partial charge is 0.139 e. The molecular weight excluding hydrogens is 198 g/mol. The van der Waals surface area contributed by atoms with Crippen molar-refractivity contribution in [2.24, 2.45) is 0 Å². The number of nitrogens with zero attached hydrogens (tertiary/aromatic N) is 3. The molecule has 3 heteroatoms. The van der Waals surface area contributed by atoms with Gasteiger partial charge in [0.25, 0.3) is 0 Å². The summed E-state index contributed by atoms with van der Waals surface area (Å²) in [5, 5.41) is 0. The molecule has 0 spiro atoms. The third-order valence-electron chi connectivity index (χ3n) is 3.55. The molecule has 1 aliphatic heterocycles. The monoisotopic (exact) mass is 225 g/mol. The first-order chi connectivity index (χ1) is 7.69. The molecular formula is C13H27N3. The van der Waals surface area contributed by atoms with Gasteiger partial charge in [0.05, 0.1) is 0 Å². The lowest BCUT2D eigenvalue weighted by Crippen LogP contribution is -2.60. The molecule has 3 nitrogen and oxygen atoms in total. The molecule has 1 rings (SSSR count). The lowest BCUT2D eigenvalue weighted by molar-refractivity contribution is -0.0567. The third kappa shape index (κ3) is 2.58. The first-order valence-electron chi connectivity index (χ1n) is 6.59. The van der Waals surface area contributed by atoms with Crippen LogP contribution in [0.15, 0.2) is 12.3 Å². The van der Waals surface area contributed by atoms with E-state index >= 15 is 0 Å². The molecule has 0 fully saturated rings. The summed E-state index contributed by atoms with van der Waals surface area (Å²) in [6.07, 6.45) is 6.18. The van der Waals surface area contributed by atoms with Gasteiger partial charge in [-0.3, -0.25) is 9.80 Å². The molecule has 0 aromatic carbocycles. The van der Waals surface area contributed by atoms with Crippen molar-refractivity contribution in [3.63, 3.8) is 0 Å². The van der Waals surface area contributed by atoms with Gasteiger partial charge >= 0.3 is 0 Å². The summed E-state index contributed by atoms with van der Waals surface area (Å²) in [6, 6.07) is 0.590. The maximum Gasteiger partial charge on any atom is 0.139 e. The van der Waals surface area contributed by atoms with Crippen LogP contribution in [-0.4, -0.2) is 53.7 Å². The van der Waals surface area contributed by atoms with E-state index in [9.17, 15) is 0 Å². The van der Waals surface area contributed by atoms with Gasteiger partial charge in [-0.25, -0.2) is 0 Å². The number of rotatable bonds is 5. The summed E-state index contributed by atoms with van der Waals surface area (Å²) in [7, 11) is 2.17. The van der Waals surface area contributed by atoms with E-state index in [0.717, 1.165) is 19.6 Å². The number of hydrogen-bond donors (Lipinski definition) is 0. The van der Waals surface area contributed by atoms with Crippen molar-refractivity contribution in [2.75, 3.05) is 26.7 Å². The van der Waals surface area contributed by atoms with Crippen LogP contribution in [0.4, 0.5) is 0 Å². The van der Waals surface area contributed by atoms with Crippen LogP contribution in [-0.2, 0) is 0 Å². The minimum absolute atomic E-state index is 0.426. The van der Waals surface area contributed by atoms with Gasteiger partial charge in [-0.1, -0.05) is 33.8 Å². The zero-order chi connectivity index (χ0) is 12.1. The second kappa shape index (κ2) is 6.26. The fraction of sp³-hybridized carbons (Fsp3) is 0.846. The van der Waals surface area contributed by atoms with Crippen molar-refractivity contribution < 1.29 is 0 Å². The van der Waals surface area contributed by atoms with E-state index in [0.29, 0.717) is 12.3 Å². The topological polar surface area (TPSA) is 9.72 Å². The largest absolute Gasteiger partial charge is 0.353 e. The predicted molar refractivity (Wildman–Crippen MR) is 70.1 cm³/mol. The van der Waals surface area contributed by atoms with Gasteiger partial charge in [0.1, 0.15) is 6.29 Å². The Balaban J connectivity index is 2.89. The zero-order valence-electron chi connectivity index (χ0n) is 11.5. The van der Waals surface area contributed by atoms with E-state index in [1.165, 1.54) is 6.42 Å². The Kier molecular flexibility index (Phi) is 5.29.